The minimum Gasteiger partial charge on any atom is -0.495 e. The van der Waals surface area contributed by atoms with Gasteiger partial charge in [0, 0.05) is 45.2 Å². The van der Waals surface area contributed by atoms with Gasteiger partial charge in [-0.1, -0.05) is 37.8 Å². The molecule has 0 spiro atoms. The van der Waals surface area contributed by atoms with Gasteiger partial charge >= 0.3 is 0 Å². The maximum atomic E-state index is 12.3. The molecule has 2 fully saturated rings. The number of hydrogen-bond acceptors (Lipinski definition) is 4. The van der Waals surface area contributed by atoms with Crippen LogP contribution in [0.4, 0.5) is 5.69 Å². The Morgan fingerprint density at radius 1 is 1.08 bits per heavy atom. The van der Waals surface area contributed by atoms with Crippen molar-refractivity contribution in [2.75, 3.05) is 44.7 Å². The maximum absolute atomic E-state index is 12.3. The number of rotatable bonds is 6. The van der Waals surface area contributed by atoms with Crippen LogP contribution in [0.25, 0.3) is 0 Å². The number of para-hydroxylation sites is 2. The summed E-state index contributed by atoms with van der Waals surface area (Å²) in [7, 11) is 1.72. The van der Waals surface area contributed by atoms with Crippen LogP contribution in [-0.4, -0.2) is 56.7 Å². The average Bonchev–Trinajstić information content (AvgIpc) is 2.95. The second kappa shape index (κ2) is 9.81. The molecular weight excluding hydrogens is 326 g/mol. The van der Waals surface area contributed by atoms with Gasteiger partial charge in [0.2, 0.25) is 5.91 Å². The lowest BCUT2D eigenvalue weighted by molar-refractivity contribution is -0.122. The van der Waals surface area contributed by atoms with Gasteiger partial charge in [-0.25, -0.2) is 0 Å². The largest absolute Gasteiger partial charge is 0.495 e. The van der Waals surface area contributed by atoms with Crippen LogP contribution in [0.1, 0.15) is 44.9 Å². The Balaban J connectivity index is 1.39. The van der Waals surface area contributed by atoms with Crippen LogP contribution in [0.2, 0.25) is 0 Å². The van der Waals surface area contributed by atoms with E-state index >= 15 is 0 Å². The summed E-state index contributed by atoms with van der Waals surface area (Å²) in [6.45, 7) is 4.80. The quantitative estimate of drug-likeness (QED) is 0.793. The summed E-state index contributed by atoms with van der Waals surface area (Å²) in [4.78, 5) is 17.0. The van der Waals surface area contributed by atoms with Gasteiger partial charge in [0.1, 0.15) is 5.75 Å². The highest BCUT2D eigenvalue weighted by Gasteiger charge is 2.20. The van der Waals surface area contributed by atoms with E-state index in [1.165, 1.54) is 31.4 Å². The summed E-state index contributed by atoms with van der Waals surface area (Å²) < 4.78 is 5.48. The number of amides is 1. The van der Waals surface area contributed by atoms with E-state index in [1.807, 2.05) is 12.1 Å². The normalized spacial score (nSPS) is 19.8. The summed E-state index contributed by atoms with van der Waals surface area (Å²) >= 11 is 0. The molecule has 1 amide bonds. The summed E-state index contributed by atoms with van der Waals surface area (Å²) in [5.74, 6) is 1.16. The molecule has 0 unspecified atom stereocenters. The van der Waals surface area contributed by atoms with Crippen molar-refractivity contribution in [3.05, 3.63) is 24.3 Å². The fourth-order valence-electron chi connectivity index (χ4n) is 4.09. The van der Waals surface area contributed by atoms with E-state index < -0.39 is 0 Å². The lowest BCUT2D eigenvalue weighted by Gasteiger charge is -2.36. The van der Waals surface area contributed by atoms with Crippen LogP contribution < -0.4 is 15.0 Å². The first-order valence-corrected chi connectivity index (χ1v) is 10.2. The third-order valence-corrected chi connectivity index (χ3v) is 5.67. The van der Waals surface area contributed by atoms with Gasteiger partial charge in [0.25, 0.3) is 0 Å². The predicted octanol–water partition coefficient (Wildman–Crippen LogP) is 3.05. The van der Waals surface area contributed by atoms with E-state index in [4.69, 9.17) is 4.74 Å². The minimum atomic E-state index is 0.226. The molecule has 1 heterocycles. The Morgan fingerprint density at radius 3 is 2.46 bits per heavy atom. The molecule has 1 aliphatic heterocycles. The van der Waals surface area contributed by atoms with Crippen LogP contribution in [-0.2, 0) is 4.79 Å². The monoisotopic (exact) mass is 359 g/mol. The lowest BCUT2D eigenvalue weighted by Crippen LogP contribution is -2.47. The van der Waals surface area contributed by atoms with Gasteiger partial charge < -0.3 is 15.0 Å². The number of carbonyl (C=O) groups excluding carboxylic acids is 1. The van der Waals surface area contributed by atoms with E-state index in [0.29, 0.717) is 12.5 Å². The Morgan fingerprint density at radius 2 is 1.77 bits per heavy atom. The number of hydrogen-bond donors (Lipinski definition) is 1. The summed E-state index contributed by atoms with van der Waals surface area (Å²) in [5, 5.41) is 3.26. The van der Waals surface area contributed by atoms with E-state index in [1.54, 1.807) is 7.11 Å². The third-order valence-electron chi connectivity index (χ3n) is 5.67. The second-order valence-electron chi connectivity index (χ2n) is 7.51. The number of ether oxygens (including phenoxy) is 1. The number of nitrogens with zero attached hydrogens (tertiary/aromatic N) is 2. The van der Waals surface area contributed by atoms with Crippen molar-refractivity contribution < 1.29 is 9.53 Å². The van der Waals surface area contributed by atoms with Crippen LogP contribution in [0.5, 0.6) is 5.75 Å². The van der Waals surface area contributed by atoms with Crippen LogP contribution >= 0.6 is 0 Å². The highest BCUT2D eigenvalue weighted by atomic mass is 16.5. The number of nitrogens with one attached hydrogen (secondary N) is 1. The Hall–Kier alpha value is -1.75. The molecule has 0 atom stereocenters. The van der Waals surface area contributed by atoms with Crippen molar-refractivity contribution >= 4 is 11.6 Å². The Labute approximate surface area is 157 Å². The molecule has 1 aliphatic carbocycles. The van der Waals surface area contributed by atoms with Crippen LogP contribution in [0.15, 0.2) is 24.3 Å². The van der Waals surface area contributed by atoms with E-state index in [-0.39, 0.29) is 5.91 Å². The molecule has 1 N–H and O–H groups in total. The summed E-state index contributed by atoms with van der Waals surface area (Å²) in [6, 6.07) is 8.61. The van der Waals surface area contributed by atoms with Crippen molar-refractivity contribution in [3.8, 4) is 5.75 Å². The van der Waals surface area contributed by atoms with Gasteiger partial charge in [-0.3, -0.25) is 9.69 Å². The SMILES string of the molecule is COc1ccccc1N1CCN(CCC(=O)NC2CCCCCC2)CC1. The number of carbonyl (C=O) groups is 1. The zero-order valence-corrected chi connectivity index (χ0v) is 16.1. The fraction of sp³-hybridized carbons (Fsp3) is 0.667. The van der Waals surface area contributed by atoms with Crippen molar-refractivity contribution in [2.45, 2.75) is 51.0 Å². The summed E-state index contributed by atoms with van der Waals surface area (Å²) in [6.07, 6.45) is 8.09. The minimum absolute atomic E-state index is 0.226. The predicted molar refractivity (Wildman–Crippen MR) is 106 cm³/mol. The molecule has 1 saturated heterocycles. The lowest BCUT2D eigenvalue weighted by atomic mass is 10.1. The smallest absolute Gasteiger partial charge is 0.221 e. The molecule has 1 aromatic carbocycles. The average molecular weight is 360 g/mol. The van der Waals surface area contributed by atoms with Gasteiger partial charge in [-0.05, 0) is 25.0 Å². The van der Waals surface area contributed by atoms with Crippen molar-refractivity contribution in [2.24, 2.45) is 0 Å². The molecule has 1 saturated carbocycles. The molecule has 26 heavy (non-hydrogen) atoms. The highest BCUT2D eigenvalue weighted by molar-refractivity contribution is 5.76. The van der Waals surface area contributed by atoms with Crippen LogP contribution in [0, 0.1) is 0 Å². The molecule has 144 valence electrons. The number of benzene rings is 1. The molecule has 0 radical (unpaired) electrons. The molecule has 0 aromatic heterocycles. The zero-order valence-electron chi connectivity index (χ0n) is 16.1. The van der Waals surface area contributed by atoms with E-state index in [2.05, 4.69) is 27.2 Å². The number of anilines is 1. The second-order valence-corrected chi connectivity index (χ2v) is 7.51. The highest BCUT2D eigenvalue weighted by Crippen LogP contribution is 2.28. The van der Waals surface area contributed by atoms with E-state index in [0.717, 1.165) is 51.3 Å². The first-order valence-electron chi connectivity index (χ1n) is 10.2. The molecule has 2 aliphatic rings. The maximum Gasteiger partial charge on any atom is 0.221 e. The zero-order chi connectivity index (χ0) is 18.2. The molecule has 3 rings (SSSR count). The topological polar surface area (TPSA) is 44.8 Å². The number of methoxy groups -OCH3 is 1. The van der Waals surface area contributed by atoms with Gasteiger partial charge in [0.05, 0.1) is 12.8 Å². The fourth-order valence-corrected chi connectivity index (χ4v) is 4.09. The third kappa shape index (κ3) is 5.37. The van der Waals surface area contributed by atoms with Gasteiger partial charge in [-0.2, -0.15) is 0 Å². The summed E-state index contributed by atoms with van der Waals surface area (Å²) in [5.41, 5.74) is 1.17. The molecule has 5 heteroatoms. The Kier molecular flexibility index (Phi) is 7.18. The Bertz CT molecular complexity index is 562. The standard InChI is InChI=1S/C21H33N3O2/c1-26-20-11-7-6-10-19(20)24-16-14-23(15-17-24)13-12-21(25)22-18-8-4-2-3-5-9-18/h6-7,10-11,18H,2-5,8-9,12-17H2,1H3,(H,22,25). The first-order chi connectivity index (χ1) is 12.8. The number of piperazine rings is 1. The van der Waals surface area contributed by atoms with Crippen molar-refractivity contribution in [1.82, 2.24) is 10.2 Å². The van der Waals surface area contributed by atoms with Crippen LogP contribution in [0.3, 0.4) is 0 Å². The molecule has 1 aromatic rings. The van der Waals surface area contributed by atoms with Crippen molar-refractivity contribution in [1.29, 1.82) is 0 Å². The van der Waals surface area contributed by atoms with Crippen molar-refractivity contribution in [3.63, 3.8) is 0 Å². The van der Waals surface area contributed by atoms with E-state index in [9.17, 15) is 4.79 Å². The van der Waals surface area contributed by atoms with Gasteiger partial charge in [-0.15, -0.1) is 0 Å². The first kappa shape index (κ1) is 19.0. The molecular formula is C21H33N3O2. The molecule has 0 bridgehead atoms. The molecule has 5 nitrogen and oxygen atoms in total. The van der Waals surface area contributed by atoms with Gasteiger partial charge in [0.15, 0.2) is 0 Å².